The van der Waals surface area contributed by atoms with Gasteiger partial charge in [0, 0.05) is 34.8 Å². The van der Waals surface area contributed by atoms with Crippen molar-refractivity contribution in [3.8, 4) is 28.5 Å². The molecule has 2 atom stereocenters. The second kappa shape index (κ2) is 9.62. The number of pyridine rings is 1. The van der Waals surface area contributed by atoms with Crippen molar-refractivity contribution in [3.63, 3.8) is 0 Å². The summed E-state index contributed by atoms with van der Waals surface area (Å²) in [5.74, 6) is -7.73. The van der Waals surface area contributed by atoms with E-state index in [0.29, 0.717) is 6.07 Å². The van der Waals surface area contributed by atoms with E-state index in [4.69, 9.17) is 0 Å². The van der Waals surface area contributed by atoms with E-state index in [1.165, 1.54) is 6.20 Å². The number of carbonyl (C=O) groups is 1. The zero-order chi connectivity index (χ0) is 28.3. The Balaban J connectivity index is 1.60. The van der Waals surface area contributed by atoms with E-state index < -0.39 is 58.4 Å². The van der Waals surface area contributed by atoms with Crippen LogP contribution in [0.3, 0.4) is 0 Å². The minimum atomic E-state index is -1.28. The lowest BCUT2D eigenvalue weighted by Crippen LogP contribution is -2.51. The molecular weight excluding hydrogens is 531 g/mol. The SMILES string of the molecule is N#Cc1c(-c2c[nH]c3c(F)cc(F)cc23)nc(NC2C3CCC(CC3)[C@H]2C(=O)O)c(F)c1-c1ccc(F)c(F)c1. The molecule has 0 radical (unpaired) electrons. The standard InChI is InChI=1S/C29H21F5N4O2/c30-15-8-16-18(11-36-27(16)21(33)9-15)26-17(10-35)22(14-5-6-19(31)20(32)7-14)24(34)28(38-26)37-25-13-3-1-12(2-4-13)23(25)29(39)40/h5-9,11-13,23,25,36H,1-4H2,(H,37,38)(H,39,40)/t12?,13?,23-,25?/m1/s1. The van der Waals surface area contributed by atoms with Gasteiger partial charge >= 0.3 is 5.97 Å². The molecule has 0 aliphatic heterocycles. The number of hydrogen-bond acceptors (Lipinski definition) is 4. The first kappa shape index (κ1) is 25.8. The van der Waals surface area contributed by atoms with E-state index in [0.717, 1.165) is 49.9 Å². The van der Waals surface area contributed by atoms with Gasteiger partial charge in [0.15, 0.2) is 23.3 Å². The molecule has 7 rings (SSSR count). The van der Waals surface area contributed by atoms with Crippen molar-refractivity contribution in [1.29, 1.82) is 5.26 Å². The zero-order valence-corrected chi connectivity index (χ0v) is 20.7. The third kappa shape index (κ3) is 4.06. The Bertz CT molecular complexity index is 1720. The van der Waals surface area contributed by atoms with Crippen LogP contribution >= 0.6 is 0 Å². The molecule has 0 spiro atoms. The molecule has 2 aromatic carbocycles. The molecule has 40 heavy (non-hydrogen) atoms. The number of aliphatic carboxylic acids is 1. The number of halogens is 5. The quantitative estimate of drug-likeness (QED) is 0.237. The summed E-state index contributed by atoms with van der Waals surface area (Å²) >= 11 is 0. The minimum Gasteiger partial charge on any atom is -0.481 e. The average molecular weight is 553 g/mol. The number of hydrogen-bond donors (Lipinski definition) is 3. The summed E-state index contributed by atoms with van der Waals surface area (Å²) in [5, 5.41) is 23.1. The van der Waals surface area contributed by atoms with E-state index in [9.17, 15) is 32.7 Å². The maximum Gasteiger partial charge on any atom is 0.308 e. The van der Waals surface area contributed by atoms with Crippen molar-refractivity contribution in [2.45, 2.75) is 31.7 Å². The molecule has 0 amide bonds. The van der Waals surface area contributed by atoms with Crippen molar-refractivity contribution in [2.24, 2.45) is 17.8 Å². The first-order valence-electron chi connectivity index (χ1n) is 12.7. The van der Waals surface area contributed by atoms with Gasteiger partial charge in [0.1, 0.15) is 17.7 Å². The van der Waals surface area contributed by atoms with Crippen LogP contribution in [0.25, 0.3) is 33.3 Å². The number of benzene rings is 2. The van der Waals surface area contributed by atoms with E-state index in [-0.39, 0.29) is 45.1 Å². The van der Waals surface area contributed by atoms with Crippen molar-refractivity contribution >= 4 is 22.7 Å². The molecule has 0 saturated heterocycles. The number of H-pyrrole nitrogens is 1. The number of carboxylic acids is 1. The van der Waals surface area contributed by atoms with Gasteiger partial charge in [0.05, 0.1) is 22.7 Å². The van der Waals surface area contributed by atoms with Crippen LogP contribution in [0.1, 0.15) is 31.2 Å². The number of carboxylic acid groups (broad SMARTS) is 1. The van der Waals surface area contributed by atoms with Gasteiger partial charge in [0.25, 0.3) is 0 Å². The highest BCUT2D eigenvalue weighted by atomic mass is 19.2. The second-order valence-electron chi connectivity index (χ2n) is 10.3. The number of nitrogens with one attached hydrogen (secondary N) is 2. The van der Waals surface area contributed by atoms with Gasteiger partial charge in [0.2, 0.25) is 0 Å². The molecule has 2 aromatic heterocycles. The third-order valence-electron chi connectivity index (χ3n) is 8.23. The molecule has 6 nitrogen and oxygen atoms in total. The molecule has 2 heterocycles. The van der Waals surface area contributed by atoms with Gasteiger partial charge < -0.3 is 15.4 Å². The van der Waals surface area contributed by atoms with Crippen LogP contribution in [0.4, 0.5) is 27.8 Å². The second-order valence-corrected chi connectivity index (χ2v) is 10.3. The molecular formula is C29H21F5N4O2. The predicted molar refractivity (Wildman–Crippen MR) is 135 cm³/mol. The summed E-state index contributed by atoms with van der Waals surface area (Å²) in [6, 6.07) is 5.51. The van der Waals surface area contributed by atoms with Crippen LogP contribution in [0.5, 0.6) is 0 Å². The Morgan fingerprint density at radius 2 is 1.73 bits per heavy atom. The Morgan fingerprint density at radius 3 is 2.40 bits per heavy atom. The van der Waals surface area contributed by atoms with E-state index in [2.05, 4.69) is 15.3 Å². The van der Waals surface area contributed by atoms with E-state index in [1.54, 1.807) is 0 Å². The van der Waals surface area contributed by atoms with Crippen LogP contribution in [0.15, 0.2) is 36.5 Å². The molecule has 4 aromatic rings. The number of fused-ring (bicyclic) bond motifs is 4. The number of nitrogens with zero attached hydrogens (tertiary/aromatic N) is 2. The average Bonchev–Trinajstić information content (AvgIpc) is 3.35. The summed E-state index contributed by atoms with van der Waals surface area (Å²) in [7, 11) is 0. The molecule has 204 valence electrons. The van der Waals surface area contributed by atoms with Crippen LogP contribution < -0.4 is 5.32 Å². The summed E-state index contributed by atoms with van der Waals surface area (Å²) in [5.41, 5.74) is -1.14. The maximum atomic E-state index is 16.3. The molecule has 3 N–H and O–H groups in total. The Kier molecular flexibility index (Phi) is 6.21. The van der Waals surface area contributed by atoms with Crippen molar-refractivity contribution in [3.05, 3.63) is 71.2 Å². The number of nitriles is 1. The Labute approximate surface area is 224 Å². The highest BCUT2D eigenvalue weighted by Gasteiger charge is 2.47. The number of aromatic amines is 1. The van der Waals surface area contributed by atoms with E-state index in [1.807, 2.05) is 6.07 Å². The molecule has 3 aliphatic carbocycles. The van der Waals surface area contributed by atoms with Gasteiger partial charge in [-0.2, -0.15) is 5.26 Å². The monoisotopic (exact) mass is 552 g/mol. The largest absolute Gasteiger partial charge is 0.481 e. The summed E-state index contributed by atoms with van der Waals surface area (Å²) in [4.78, 5) is 19.2. The van der Waals surface area contributed by atoms with Gasteiger partial charge in [-0.15, -0.1) is 0 Å². The van der Waals surface area contributed by atoms with Crippen LogP contribution in [0.2, 0.25) is 0 Å². The fourth-order valence-corrected chi connectivity index (χ4v) is 6.41. The fraction of sp³-hybridized carbons (Fsp3) is 0.276. The predicted octanol–water partition coefficient (Wildman–Crippen LogP) is 6.77. The number of rotatable bonds is 5. The topological polar surface area (TPSA) is 102 Å². The Morgan fingerprint density at radius 1 is 1.00 bits per heavy atom. The molecule has 3 saturated carbocycles. The van der Waals surface area contributed by atoms with Crippen molar-refractivity contribution in [2.75, 3.05) is 5.32 Å². The van der Waals surface area contributed by atoms with E-state index >= 15 is 4.39 Å². The van der Waals surface area contributed by atoms with Gasteiger partial charge in [-0.05, 0) is 61.3 Å². The van der Waals surface area contributed by atoms with Crippen LogP contribution in [0, 0.1) is 58.2 Å². The lowest BCUT2D eigenvalue weighted by Gasteiger charge is -2.47. The van der Waals surface area contributed by atoms with Crippen molar-refractivity contribution < 1.29 is 31.9 Å². The highest BCUT2D eigenvalue weighted by molar-refractivity contribution is 5.98. The summed E-state index contributed by atoms with van der Waals surface area (Å²) in [6.07, 6.45) is 4.25. The lowest BCUT2D eigenvalue weighted by atomic mass is 9.61. The van der Waals surface area contributed by atoms with Crippen LogP contribution in [-0.4, -0.2) is 27.1 Å². The van der Waals surface area contributed by atoms with Gasteiger partial charge in [-0.1, -0.05) is 6.07 Å². The zero-order valence-electron chi connectivity index (χ0n) is 20.7. The number of aromatic nitrogens is 2. The molecule has 2 bridgehead atoms. The summed E-state index contributed by atoms with van der Waals surface area (Å²) < 4.78 is 72.9. The van der Waals surface area contributed by atoms with Gasteiger partial charge in [-0.25, -0.2) is 26.9 Å². The molecule has 1 unspecified atom stereocenters. The fourth-order valence-electron chi connectivity index (χ4n) is 6.41. The smallest absolute Gasteiger partial charge is 0.308 e. The maximum absolute atomic E-state index is 16.3. The molecule has 3 aliphatic rings. The summed E-state index contributed by atoms with van der Waals surface area (Å²) in [6.45, 7) is 0. The normalized spacial score (nSPS) is 21.9. The number of anilines is 1. The lowest BCUT2D eigenvalue weighted by molar-refractivity contribution is -0.148. The molecule has 3 fully saturated rings. The van der Waals surface area contributed by atoms with Crippen LogP contribution in [-0.2, 0) is 4.79 Å². The highest BCUT2D eigenvalue weighted by Crippen LogP contribution is 2.47. The molecule has 11 heteroatoms. The van der Waals surface area contributed by atoms with Gasteiger partial charge in [-0.3, -0.25) is 4.79 Å². The van der Waals surface area contributed by atoms with Crippen molar-refractivity contribution in [1.82, 2.24) is 9.97 Å². The first-order chi connectivity index (χ1) is 19.2. The Hall–Kier alpha value is -4.46. The third-order valence-corrected chi connectivity index (χ3v) is 8.23. The first-order valence-corrected chi connectivity index (χ1v) is 12.7. The minimum absolute atomic E-state index is 0.0235.